The summed E-state index contributed by atoms with van der Waals surface area (Å²) in [5.74, 6) is 0.584. The van der Waals surface area contributed by atoms with Gasteiger partial charge in [0, 0.05) is 12.7 Å². The maximum Gasteiger partial charge on any atom is 0.390 e. The summed E-state index contributed by atoms with van der Waals surface area (Å²) in [7, 11) is 1.53. The number of hydrogen-bond donors (Lipinski definition) is 1. The van der Waals surface area contributed by atoms with Crippen molar-refractivity contribution >= 4 is 6.21 Å². The van der Waals surface area contributed by atoms with Gasteiger partial charge in [-0.05, 0) is 12.5 Å². The van der Waals surface area contributed by atoms with Gasteiger partial charge in [0.2, 0.25) is 0 Å². The number of nitrogens with zero attached hydrogens (tertiary/aromatic N) is 4. The Morgan fingerprint density at radius 1 is 1.39 bits per heavy atom. The summed E-state index contributed by atoms with van der Waals surface area (Å²) in [6.45, 7) is 1.98. The summed E-state index contributed by atoms with van der Waals surface area (Å²) in [5.41, 5.74) is 8.25. The zero-order chi connectivity index (χ0) is 16.8. The third kappa shape index (κ3) is 2.93. The second-order valence-corrected chi connectivity index (χ2v) is 5.60. The molecule has 0 amide bonds. The van der Waals surface area contributed by atoms with Gasteiger partial charge in [0.1, 0.15) is 18.2 Å². The summed E-state index contributed by atoms with van der Waals surface area (Å²) in [4.78, 5) is 13.0. The van der Waals surface area contributed by atoms with Crippen molar-refractivity contribution in [2.75, 3.05) is 20.3 Å². The summed E-state index contributed by atoms with van der Waals surface area (Å²) in [5, 5.41) is 1.58. The lowest BCUT2D eigenvalue weighted by molar-refractivity contribution is -0.136. The van der Waals surface area contributed by atoms with Gasteiger partial charge in [-0.1, -0.05) is 0 Å². The first-order valence-corrected chi connectivity index (χ1v) is 7.16. The Bertz CT molecular complexity index is 622. The molecule has 0 aliphatic carbocycles. The maximum atomic E-state index is 12.6. The molecule has 1 atom stereocenters. The SMILES string of the molecule is CON1C=C2C=NC3=C(N(CCC(F)(F)F)C=C(C)C3N)N2C1. The van der Waals surface area contributed by atoms with Crippen molar-refractivity contribution in [3.8, 4) is 0 Å². The molecular weight excluding hydrogens is 311 g/mol. The maximum absolute atomic E-state index is 12.6. The van der Waals surface area contributed by atoms with E-state index in [2.05, 4.69) is 4.99 Å². The fourth-order valence-electron chi connectivity index (χ4n) is 2.76. The van der Waals surface area contributed by atoms with Crippen LogP contribution in [0.3, 0.4) is 0 Å². The van der Waals surface area contributed by atoms with Crippen molar-refractivity contribution < 1.29 is 18.0 Å². The monoisotopic (exact) mass is 329 g/mol. The highest BCUT2D eigenvalue weighted by Crippen LogP contribution is 2.35. The Balaban J connectivity index is 1.92. The van der Waals surface area contributed by atoms with E-state index in [0.29, 0.717) is 18.2 Å². The molecule has 0 radical (unpaired) electrons. The van der Waals surface area contributed by atoms with Gasteiger partial charge in [0.15, 0.2) is 0 Å². The van der Waals surface area contributed by atoms with E-state index in [1.54, 1.807) is 35.5 Å². The number of allylic oxidation sites excluding steroid dienone is 1. The second-order valence-electron chi connectivity index (χ2n) is 5.60. The molecule has 3 heterocycles. The minimum atomic E-state index is -4.22. The predicted octanol–water partition coefficient (Wildman–Crippen LogP) is 1.72. The Labute approximate surface area is 131 Å². The zero-order valence-electron chi connectivity index (χ0n) is 12.8. The summed E-state index contributed by atoms with van der Waals surface area (Å²) in [6.07, 6.45) is -0.0665. The first kappa shape index (κ1) is 15.9. The number of hydroxylamine groups is 2. The van der Waals surface area contributed by atoms with Crippen molar-refractivity contribution in [3.63, 3.8) is 0 Å². The smallest absolute Gasteiger partial charge is 0.332 e. The van der Waals surface area contributed by atoms with Crippen molar-refractivity contribution in [2.45, 2.75) is 25.6 Å². The molecule has 3 aliphatic rings. The molecule has 23 heavy (non-hydrogen) atoms. The average molecular weight is 329 g/mol. The van der Waals surface area contributed by atoms with Gasteiger partial charge in [-0.25, -0.2) is 5.06 Å². The van der Waals surface area contributed by atoms with Crippen LogP contribution in [0.1, 0.15) is 13.3 Å². The Hall–Kier alpha value is -2.00. The molecule has 6 nitrogen and oxygen atoms in total. The van der Waals surface area contributed by atoms with Crippen molar-refractivity contribution in [3.05, 3.63) is 35.2 Å². The van der Waals surface area contributed by atoms with Crippen LogP contribution in [-0.4, -0.2) is 53.6 Å². The van der Waals surface area contributed by atoms with Gasteiger partial charge < -0.3 is 15.5 Å². The molecule has 0 fully saturated rings. The first-order chi connectivity index (χ1) is 10.8. The number of rotatable bonds is 3. The number of halogens is 3. The average Bonchev–Trinajstić information content (AvgIpc) is 2.91. The highest BCUT2D eigenvalue weighted by molar-refractivity contribution is 5.81. The molecule has 0 spiro atoms. The fourth-order valence-corrected chi connectivity index (χ4v) is 2.76. The highest BCUT2D eigenvalue weighted by Gasteiger charge is 2.37. The van der Waals surface area contributed by atoms with E-state index in [4.69, 9.17) is 10.6 Å². The van der Waals surface area contributed by atoms with E-state index in [1.165, 1.54) is 7.11 Å². The van der Waals surface area contributed by atoms with Crippen LogP contribution in [-0.2, 0) is 4.84 Å². The molecule has 3 aliphatic heterocycles. The van der Waals surface area contributed by atoms with E-state index in [9.17, 15) is 13.2 Å². The molecular formula is C14H18F3N5O. The summed E-state index contributed by atoms with van der Waals surface area (Å²) >= 11 is 0. The van der Waals surface area contributed by atoms with Gasteiger partial charge in [-0.15, -0.1) is 0 Å². The zero-order valence-corrected chi connectivity index (χ0v) is 12.8. The molecule has 0 saturated carbocycles. The molecule has 2 N–H and O–H groups in total. The lowest BCUT2D eigenvalue weighted by Crippen LogP contribution is -2.44. The quantitative estimate of drug-likeness (QED) is 0.854. The molecule has 0 aromatic rings. The summed E-state index contributed by atoms with van der Waals surface area (Å²) in [6, 6.07) is -0.429. The summed E-state index contributed by atoms with van der Waals surface area (Å²) < 4.78 is 37.9. The number of aliphatic imine (C=N–C) groups is 1. The second kappa shape index (κ2) is 5.57. The van der Waals surface area contributed by atoms with Crippen LogP contribution in [0.2, 0.25) is 0 Å². The number of alkyl halides is 3. The number of hydrogen-bond acceptors (Lipinski definition) is 6. The standard InChI is InChI=1S/C14H18F3N5O/c1-9-6-20(4-3-14(15,16)17)13-12(11(9)18)19-5-10-7-21(23-2)8-22(10)13/h5-7,11H,3-4,8,18H2,1-2H3. The fraction of sp³-hybridized carbons (Fsp3) is 0.500. The van der Waals surface area contributed by atoms with Crippen LogP contribution in [0.5, 0.6) is 0 Å². The molecule has 9 heteroatoms. The van der Waals surface area contributed by atoms with Crippen molar-refractivity contribution in [1.29, 1.82) is 0 Å². The van der Waals surface area contributed by atoms with Crippen LogP contribution in [0, 0.1) is 0 Å². The Kier molecular flexibility index (Phi) is 3.85. The van der Waals surface area contributed by atoms with Crippen LogP contribution in [0.4, 0.5) is 13.2 Å². The van der Waals surface area contributed by atoms with Gasteiger partial charge in [0.05, 0.1) is 37.7 Å². The molecule has 3 rings (SSSR count). The minimum absolute atomic E-state index is 0.182. The van der Waals surface area contributed by atoms with Crippen LogP contribution >= 0.6 is 0 Å². The third-order valence-electron chi connectivity index (χ3n) is 3.98. The lowest BCUT2D eigenvalue weighted by Gasteiger charge is -2.40. The molecule has 1 unspecified atom stereocenters. The lowest BCUT2D eigenvalue weighted by atomic mass is 10.0. The van der Waals surface area contributed by atoms with Crippen LogP contribution in [0.25, 0.3) is 0 Å². The van der Waals surface area contributed by atoms with E-state index >= 15 is 0 Å². The molecule has 0 saturated heterocycles. The van der Waals surface area contributed by atoms with Crippen LogP contribution < -0.4 is 5.73 Å². The normalized spacial score (nSPS) is 23.9. The third-order valence-corrected chi connectivity index (χ3v) is 3.98. The number of fused-ring (bicyclic) bond motifs is 2. The molecule has 0 bridgehead atoms. The van der Waals surface area contributed by atoms with Gasteiger partial charge in [-0.3, -0.25) is 9.83 Å². The molecule has 126 valence electrons. The largest absolute Gasteiger partial charge is 0.390 e. The van der Waals surface area contributed by atoms with Crippen molar-refractivity contribution in [1.82, 2.24) is 14.9 Å². The van der Waals surface area contributed by atoms with E-state index in [-0.39, 0.29) is 6.54 Å². The molecule has 0 aromatic heterocycles. The van der Waals surface area contributed by atoms with Gasteiger partial charge >= 0.3 is 6.18 Å². The van der Waals surface area contributed by atoms with E-state index < -0.39 is 18.6 Å². The van der Waals surface area contributed by atoms with Gasteiger partial charge in [-0.2, -0.15) is 13.2 Å². The van der Waals surface area contributed by atoms with E-state index in [0.717, 1.165) is 11.3 Å². The van der Waals surface area contributed by atoms with Crippen LogP contribution in [0.15, 0.2) is 40.2 Å². The highest BCUT2D eigenvalue weighted by atomic mass is 19.4. The van der Waals surface area contributed by atoms with Gasteiger partial charge in [0.25, 0.3) is 0 Å². The first-order valence-electron chi connectivity index (χ1n) is 7.16. The topological polar surface area (TPSA) is 57.3 Å². The number of nitrogens with two attached hydrogens (primary N) is 1. The van der Waals surface area contributed by atoms with E-state index in [1.807, 2.05) is 4.90 Å². The Morgan fingerprint density at radius 3 is 2.78 bits per heavy atom. The molecule has 0 aromatic carbocycles. The Morgan fingerprint density at radius 2 is 2.13 bits per heavy atom. The van der Waals surface area contributed by atoms with Crippen molar-refractivity contribution in [2.24, 2.45) is 10.7 Å². The minimum Gasteiger partial charge on any atom is -0.332 e. The predicted molar refractivity (Wildman–Crippen MR) is 78.3 cm³/mol.